The fraction of sp³-hybridized carbons (Fsp3) is 0.0909. The van der Waals surface area contributed by atoms with Gasteiger partial charge in [-0.25, -0.2) is 4.68 Å². The van der Waals surface area contributed by atoms with Gasteiger partial charge in [-0.3, -0.25) is 0 Å². The first kappa shape index (κ1) is 11.2. The molecular weight excluding hydrogens is 231 g/mol. The number of halogens is 3. The van der Waals surface area contributed by atoms with Crippen molar-refractivity contribution in [1.82, 2.24) is 9.78 Å². The topological polar surface area (TPSA) is 41.6 Å². The van der Waals surface area contributed by atoms with Gasteiger partial charge in [0.15, 0.2) is 0 Å². The molecule has 1 aromatic heterocycles. The number of hydrogen-bond acceptors (Lipinski definition) is 2. The minimum atomic E-state index is -4.40. The second kappa shape index (κ2) is 3.94. The molecule has 86 valence electrons. The maximum Gasteiger partial charge on any atom is 0.419 e. The molecule has 0 aliphatic heterocycles. The van der Waals surface area contributed by atoms with Gasteiger partial charge in [-0.1, -0.05) is 0 Å². The molecule has 2 rings (SSSR count). The first-order chi connectivity index (χ1) is 8.00. The third-order valence-corrected chi connectivity index (χ3v) is 2.17. The van der Waals surface area contributed by atoms with Crippen LogP contribution in [-0.2, 0) is 6.18 Å². The van der Waals surface area contributed by atoms with Crippen LogP contribution in [0.2, 0.25) is 0 Å². The normalized spacial score (nSPS) is 11.2. The highest BCUT2D eigenvalue weighted by Gasteiger charge is 2.32. The number of aromatic nitrogens is 2. The van der Waals surface area contributed by atoms with Crippen LogP contribution in [0.3, 0.4) is 0 Å². The molecule has 0 atom stereocenters. The van der Waals surface area contributed by atoms with Gasteiger partial charge in [-0.2, -0.15) is 23.5 Å². The number of benzene rings is 1. The number of alkyl halides is 3. The van der Waals surface area contributed by atoms with Gasteiger partial charge in [0.2, 0.25) is 0 Å². The van der Waals surface area contributed by atoms with E-state index in [0.717, 1.165) is 17.1 Å². The van der Waals surface area contributed by atoms with E-state index in [1.54, 1.807) is 0 Å². The van der Waals surface area contributed by atoms with Crippen LogP contribution in [0.15, 0.2) is 36.7 Å². The average molecular weight is 237 g/mol. The number of rotatable bonds is 1. The van der Waals surface area contributed by atoms with Crippen molar-refractivity contribution in [1.29, 1.82) is 5.26 Å². The summed E-state index contributed by atoms with van der Waals surface area (Å²) in [6, 6.07) is 8.03. The molecule has 0 aliphatic rings. The van der Waals surface area contributed by atoms with Crippen molar-refractivity contribution in [3.8, 4) is 11.8 Å². The van der Waals surface area contributed by atoms with Crippen LogP contribution in [0, 0.1) is 11.3 Å². The van der Waals surface area contributed by atoms with Crippen LogP contribution in [0.1, 0.15) is 11.1 Å². The van der Waals surface area contributed by atoms with Crippen LogP contribution in [0.25, 0.3) is 5.69 Å². The maximum atomic E-state index is 12.3. The Bertz CT molecular complexity index is 561. The lowest BCUT2D eigenvalue weighted by Crippen LogP contribution is -2.02. The zero-order valence-corrected chi connectivity index (χ0v) is 8.44. The molecule has 0 spiro atoms. The highest BCUT2D eigenvalue weighted by atomic mass is 19.4. The van der Waals surface area contributed by atoms with Gasteiger partial charge < -0.3 is 0 Å². The van der Waals surface area contributed by atoms with Crippen molar-refractivity contribution < 1.29 is 13.2 Å². The molecule has 0 amide bonds. The smallest absolute Gasteiger partial charge is 0.240 e. The summed E-state index contributed by atoms with van der Waals surface area (Å²) in [5.41, 5.74) is 0.110. The fourth-order valence-electron chi connectivity index (χ4n) is 1.30. The standard InChI is InChI=1S/C11H6F3N3/c12-11(13,14)9-6-16-17(7-9)10-3-1-8(5-15)2-4-10/h1-4,6-7H. The Hall–Kier alpha value is -2.29. The number of nitriles is 1. The Morgan fingerprint density at radius 1 is 1.18 bits per heavy atom. The lowest BCUT2D eigenvalue weighted by molar-refractivity contribution is -0.137. The summed E-state index contributed by atoms with van der Waals surface area (Å²) in [7, 11) is 0. The number of nitrogens with zero attached hydrogens (tertiary/aromatic N) is 3. The zero-order chi connectivity index (χ0) is 12.5. The van der Waals surface area contributed by atoms with Crippen molar-refractivity contribution in [3.05, 3.63) is 47.8 Å². The molecule has 1 heterocycles. The van der Waals surface area contributed by atoms with E-state index in [0.29, 0.717) is 11.3 Å². The third kappa shape index (κ3) is 2.28. The molecule has 2 aromatic rings. The Morgan fingerprint density at radius 3 is 2.29 bits per heavy atom. The monoisotopic (exact) mass is 237 g/mol. The summed E-state index contributed by atoms with van der Waals surface area (Å²) in [4.78, 5) is 0. The molecule has 0 bridgehead atoms. The van der Waals surface area contributed by atoms with Crippen LogP contribution in [0.4, 0.5) is 13.2 Å². The molecule has 0 aliphatic carbocycles. The first-order valence-corrected chi connectivity index (χ1v) is 4.63. The van der Waals surface area contributed by atoms with Gasteiger partial charge in [0.25, 0.3) is 0 Å². The van der Waals surface area contributed by atoms with E-state index in [4.69, 9.17) is 5.26 Å². The Morgan fingerprint density at radius 2 is 1.82 bits per heavy atom. The van der Waals surface area contributed by atoms with E-state index >= 15 is 0 Å². The van der Waals surface area contributed by atoms with Gasteiger partial charge in [-0.05, 0) is 24.3 Å². The van der Waals surface area contributed by atoms with E-state index < -0.39 is 11.7 Å². The van der Waals surface area contributed by atoms with Crippen molar-refractivity contribution >= 4 is 0 Å². The Kier molecular flexibility index (Phi) is 2.60. The van der Waals surface area contributed by atoms with Gasteiger partial charge in [0.05, 0.1) is 29.1 Å². The van der Waals surface area contributed by atoms with Gasteiger partial charge in [0, 0.05) is 6.20 Å². The van der Waals surface area contributed by atoms with Crippen molar-refractivity contribution in [3.63, 3.8) is 0 Å². The predicted molar refractivity (Wildman–Crippen MR) is 53.3 cm³/mol. The molecule has 0 fully saturated rings. The number of hydrogen-bond donors (Lipinski definition) is 0. The molecule has 0 unspecified atom stereocenters. The van der Waals surface area contributed by atoms with Crippen LogP contribution in [0.5, 0.6) is 0 Å². The second-order valence-electron chi connectivity index (χ2n) is 3.33. The second-order valence-corrected chi connectivity index (χ2v) is 3.33. The molecule has 0 N–H and O–H groups in total. The molecule has 6 heteroatoms. The summed E-state index contributed by atoms with van der Waals surface area (Å²) >= 11 is 0. The summed E-state index contributed by atoms with van der Waals surface area (Å²) in [6.45, 7) is 0. The highest BCUT2D eigenvalue weighted by Crippen LogP contribution is 2.29. The van der Waals surface area contributed by atoms with E-state index in [9.17, 15) is 13.2 Å². The predicted octanol–water partition coefficient (Wildman–Crippen LogP) is 2.76. The lowest BCUT2D eigenvalue weighted by atomic mass is 10.2. The summed E-state index contributed by atoms with van der Waals surface area (Å²) < 4.78 is 38.1. The average Bonchev–Trinajstić information content (AvgIpc) is 2.78. The molecule has 0 saturated carbocycles. The summed E-state index contributed by atoms with van der Waals surface area (Å²) in [5.74, 6) is 0. The molecule has 1 aromatic carbocycles. The van der Waals surface area contributed by atoms with Crippen LogP contribution in [-0.4, -0.2) is 9.78 Å². The van der Waals surface area contributed by atoms with Crippen molar-refractivity contribution in [2.75, 3.05) is 0 Å². The SMILES string of the molecule is N#Cc1ccc(-n2cc(C(F)(F)F)cn2)cc1. The Labute approximate surface area is 94.7 Å². The van der Waals surface area contributed by atoms with Crippen molar-refractivity contribution in [2.45, 2.75) is 6.18 Å². The maximum absolute atomic E-state index is 12.3. The van der Waals surface area contributed by atoms with Crippen LogP contribution < -0.4 is 0 Å². The molecular formula is C11H6F3N3. The van der Waals surface area contributed by atoms with Gasteiger partial charge >= 0.3 is 6.18 Å². The highest BCUT2D eigenvalue weighted by molar-refractivity contribution is 5.39. The van der Waals surface area contributed by atoms with Gasteiger partial charge in [0.1, 0.15) is 0 Å². The molecule has 0 radical (unpaired) electrons. The van der Waals surface area contributed by atoms with Gasteiger partial charge in [-0.15, -0.1) is 0 Å². The lowest BCUT2D eigenvalue weighted by Gasteiger charge is -2.02. The minimum absolute atomic E-state index is 0.442. The molecule has 17 heavy (non-hydrogen) atoms. The quantitative estimate of drug-likeness (QED) is 0.765. The fourth-order valence-corrected chi connectivity index (χ4v) is 1.30. The third-order valence-electron chi connectivity index (χ3n) is 2.17. The van der Waals surface area contributed by atoms with E-state index in [-0.39, 0.29) is 0 Å². The largest absolute Gasteiger partial charge is 0.419 e. The zero-order valence-electron chi connectivity index (χ0n) is 8.44. The minimum Gasteiger partial charge on any atom is -0.240 e. The van der Waals surface area contributed by atoms with Crippen LogP contribution >= 0.6 is 0 Å². The first-order valence-electron chi connectivity index (χ1n) is 4.63. The Balaban J connectivity index is 2.34. The summed E-state index contributed by atoms with van der Waals surface area (Å²) in [6.07, 6.45) is -2.73. The van der Waals surface area contributed by atoms with E-state index in [1.807, 2.05) is 6.07 Å². The van der Waals surface area contributed by atoms with E-state index in [1.165, 1.54) is 24.3 Å². The van der Waals surface area contributed by atoms with E-state index in [2.05, 4.69) is 5.10 Å². The summed E-state index contributed by atoms with van der Waals surface area (Å²) in [5, 5.41) is 12.2. The molecule has 0 saturated heterocycles. The van der Waals surface area contributed by atoms with Crippen molar-refractivity contribution in [2.24, 2.45) is 0 Å². The molecule has 3 nitrogen and oxygen atoms in total.